The van der Waals surface area contributed by atoms with E-state index in [-0.39, 0.29) is 0 Å². The average molecular weight is 345 g/mol. The minimum Gasteiger partial charge on any atom is -0.277 e. The molecule has 3 nitrogen and oxygen atoms in total. The Balaban J connectivity index is 1.88. The van der Waals surface area contributed by atoms with E-state index in [0.717, 1.165) is 16.8 Å². The molecule has 0 atom stereocenters. The molecule has 0 fully saturated rings. The van der Waals surface area contributed by atoms with E-state index >= 15 is 0 Å². The van der Waals surface area contributed by atoms with E-state index in [0.29, 0.717) is 0 Å². The Labute approximate surface area is 154 Å². The van der Waals surface area contributed by atoms with Crippen molar-refractivity contribution >= 4 is 54.9 Å². The smallest absolute Gasteiger partial charge is 0.220 e. The number of rotatable bonds is 0. The minimum absolute atomic E-state index is 0.993. The summed E-state index contributed by atoms with van der Waals surface area (Å²) in [4.78, 5) is 4.99. The SMILES string of the molecule is Cc1cc2c3cc4ccccc4cc3n3c2c(c1)n1c2ccccc2nc13. The van der Waals surface area contributed by atoms with Gasteiger partial charge >= 0.3 is 0 Å². The molecule has 0 saturated carbocycles. The summed E-state index contributed by atoms with van der Waals surface area (Å²) >= 11 is 0. The lowest BCUT2D eigenvalue weighted by Gasteiger charge is -2.01. The van der Waals surface area contributed by atoms with Crippen LogP contribution in [0.3, 0.4) is 0 Å². The number of fused-ring (bicyclic) bond motifs is 9. The fourth-order valence-electron chi connectivity index (χ4n) is 4.73. The van der Waals surface area contributed by atoms with Gasteiger partial charge in [-0.25, -0.2) is 4.98 Å². The zero-order chi connectivity index (χ0) is 17.7. The van der Waals surface area contributed by atoms with Gasteiger partial charge in [0.05, 0.1) is 27.6 Å². The van der Waals surface area contributed by atoms with Crippen LogP contribution in [0.25, 0.3) is 54.9 Å². The standard InChI is InChI=1S/C24H15N3/c1-14-10-18-17-12-15-6-2-3-7-16(15)13-21(17)27-23(18)22(11-14)26-20-9-5-4-8-19(20)25-24(26)27/h2-13H,1H3. The molecule has 7 aromatic rings. The first-order valence-corrected chi connectivity index (χ1v) is 9.25. The van der Waals surface area contributed by atoms with Gasteiger partial charge in [-0.1, -0.05) is 36.4 Å². The molecule has 0 aliphatic carbocycles. The van der Waals surface area contributed by atoms with E-state index in [1.165, 1.54) is 43.7 Å². The number of hydrogen-bond donors (Lipinski definition) is 0. The highest BCUT2D eigenvalue weighted by Gasteiger charge is 2.21. The molecule has 0 unspecified atom stereocenters. The Hall–Kier alpha value is -3.59. The maximum Gasteiger partial charge on any atom is 0.220 e. The monoisotopic (exact) mass is 345 g/mol. The van der Waals surface area contributed by atoms with Crippen molar-refractivity contribution in [3.63, 3.8) is 0 Å². The summed E-state index contributed by atoms with van der Waals surface area (Å²) in [6.45, 7) is 2.18. The lowest BCUT2D eigenvalue weighted by atomic mass is 10.0. The Kier molecular flexibility index (Phi) is 2.21. The third-order valence-corrected chi connectivity index (χ3v) is 5.84. The fourth-order valence-corrected chi connectivity index (χ4v) is 4.73. The molecular weight excluding hydrogens is 330 g/mol. The molecule has 0 saturated heterocycles. The number of imidazole rings is 2. The molecule has 3 aromatic heterocycles. The van der Waals surface area contributed by atoms with Crippen LogP contribution in [0, 0.1) is 6.92 Å². The third-order valence-electron chi connectivity index (χ3n) is 5.84. The molecule has 4 aromatic carbocycles. The zero-order valence-corrected chi connectivity index (χ0v) is 14.8. The summed E-state index contributed by atoms with van der Waals surface area (Å²) in [5.41, 5.74) is 7.19. The molecule has 0 aliphatic rings. The van der Waals surface area contributed by atoms with Crippen LogP contribution in [0.5, 0.6) is 0 Å². The Morgan fingerprint density at radius 3 is 2.33 bits per heavy atom. The van der Waals surface area contributed by atoms with Gasteiger partial charge in [-0.3, -0.25) is 8.80 Å². The van der Waals surface area contributed by atoms with Crippen LogP contribution >= 0.6 is 0 Å². The van der Waals surface area contributed by atoms with Crippen molar-refractivity contribution in [1.29, 1.82) is 0 Å². The van der Waals surface area contributed by atoms with Gasteiger partial charge in [0, 0.05) is 10.8 Å². The third kappa shape index (κ3) is 1.52. The van der Waals surface area contributed by atoms with Gasteiger partial charge in [0.25, 0.3) is 0 Å². The summed E-state index contributed by atoms with van der Waals surface area (Å²) in [6.07, 6.45) is 0. The predicted molar refractivity (Wildman–Crippen MR) is 112 cm³/mol. The predicted octanol–water partition coefficient (Wildman–Crippen LogP) is 5.95. The molecule has 7 rings (SSSR count). The fraction of sp³-hybridized carbons (Fsp3) is 0.0417. The molecule has 0 N–H and O–H groups in total. The van der Waals surface area contributed by atoms with Gasteiger partial charge < -0.3 is 0 Å². The van der Waals surface area contributed by atoms with E-state index in [1.54, 1.807) is 0 Å². The van der Waals surface area contributed by atoms with E-state index in [4.69, 9.17) is 4.98 Å². The second-order valence-corrected chi connectivity index (χ2v) is 7.47. The van der Waals surface area contributed by atoms with Crippen molar-refractivity contribution in [3.8, 4) is 0 Å². The highest BCUT2D eigenvalue weighted by Crippen LogP contribution is 2.38. The van der Waals surface area contributed by atoms with Crippen LogP contribution in [-0.4, -0.2) is 13.8 Å². The van der Waals surface area contributed by atoms with Crippen molar-refractivity contribution in [2.75, 3.05) is 0 Å². The minimum atomic E-state index is 0.993. The molecular formula is C24H15N3. The molecule has 3 heterocycles. The lowest BCUT2D eigenvalue weighted by Crippen LogP contribution is -1.84. The molecule has 0 spiro atoms. The van der Waals surface area contributed by atoms with Crippen LogP contribution in [0.2, 0.25) is 0 Å². The lowest BCUT2D eigenvalue weighted by molar-refractivity contribution is 1.22. The van der Waals surface area contributed by atoms with Crippen molar-refractivity contribution < 1.29 is 0 Å². The van der Waals surface area contributed by atoms with Crippen LogP contribution in [0.1, 0.15) is 5.56 Å². The maximum absolute atomic E-state index is 4.99. The largest absolute Gasteiger partial charge is 0.277 e. The number of hydrogen-bond acceptors (Lipinski definition) is 1. The van der Waals surface area contributed by atoms with Gasteiger partial charge in [0.15, 0.2) is 0 Å². The van der Waals surface area contributed by atoms with Crippen LogP contribution in [0.4, 0.5) is 0 Å². The maximum atomic E-state index is 4.99. The highest BCUT2D eigenvalue weighted by atomic mass is 15.2. The normalized spacial score (nSPS) is 12.6. The van der Waals surface area contributed by atoms with Crippen molar-refractivity contribution in [3.05, 3.63) is 78.4 Å². The number of aromatic nitrogens is 3. The van der Waals surface area contributed by atoms with Crippen molar-refractivity contribution in [1.82, 2.24) is 13.8 Å². The van der Waals surface area contributed by atoms with Gasteiger partial charge in [0.1, 0.15) is 0 Å². The number of para-hydroxylation sites is 2. The number of benzene rings is 4. The number of aryl methyl sites for hydroxylation is 1. The molecule has 0 aliphatic heterocycles. The Morgan fingerprint density at radius 1 is 0.667 bits per heavy atom. The molecule has 27 heavy (non-hydrogen) atoms. The summed E-state index contributed by atoms with van der Waals surface area (Å²) in [7, 11) is 0. The molecule has 3 heteroatoms. The Bertz CT molecular complexity index is 1680. The summed E-state index contributed by atoms with van der Waals surface area (Å²) < 4.78 is 4.64. The van der Waals surface area contributed by atoms with E-state index in [1.807, 2.05) is 0 Å². The first kappa shape index (κ1) is 13.6. The van der Waals surface area contributed by atoms with Crippen LogP contribution in [-0.2, 0) is 0 Å². The Morgan fingerprint density at radius 2 is 1.44 bits per heavy atom. The van der Waals surface area contributed by atoms with Crippen LogP contribution < -0.4 is 0 Å². The summed E-state index contributed by atoms with van der Waals surface area (Å²) in [5, 5.41) is 5.14. The highest BCUT2D eigenvalue weighted by molar-refractivity contribution is 6.18. The number of nitrogens with zero attached hydrogens (tertiary/aromatic N) is 3. The molecule has 126 valence electrons. The first-order chi connectivity index (χ1) is 13.3. The van der Waals surface area contributed by atoms with Crippen molar-refractivity contribution in [2.45, 2.75) is 6.92 Å². The molecule has 0 radical (unpaired) electrons. The first-order valence-electron chi connectivity index (χ1n) is 9.25. The van der Waals surface area contributed by atoms with Gasteiger partial charge in [-0.2, -0.15) is 0 Å². The second-order valence-electron chi connectivity index (χ2n) is 7.47. The average Bonchev–Trinajstić information content (AvgIpc) is 3.30. The van der Waals surface area contributed by atoms with E-state index in [2.05, 4.69) is 88.5 Å². The topological polar surface area (TPSA) is 21.7 Å². The van der Waals surface area contributed by atoms with Gasteiger partial charge in [-0.05, 0) is 59.7 Å². The van der Waals surface area contributed by atoms with Gasteiger partial charge in [0.2, 0.25) is 5.78 Å². The molecule has 0 bridgehead atoms. The van der Waals surface area contributed by atoms with E-state index in [9.17, 15) is 0 Å². The molecule has 0 amide bonds. The van der Waals surface area contributed by atoms with Gasteiger partial charge in [-0.15, -0.1) is 0 Å². The zero-order valence-electron chi connectivity index (χ0n) is 14.8. The second kappa shape index (κ2) is 4.38. The quantitative estimate of drug-likeness (QED) is 0.333. The summed E-state index contributed by atoms with van der Waals surface area (Å²) in [6, 6.07) is 26.2. The summed E-state index contributed by atoms with van der Waals surface area (Å²) in [5.74, 6) is 0.993. The van der Waals surface area contributed by atoms with Crippen LogP contribution in [0.15, 0.2) is 72.8 Å². The van der Waals surface area contributed by atoms with E-state index < -0.39 is 0 Å². The van der Waals surface area contributed by atoms with Crippen molar-refractivity contribution in [2.24, 2.45) is 0 Å².